The minimum Gasteiger partial charge on any atom is -0.423 e. The highest BCUT2D eigenvalue weighted by Crippen LogP contribution is 2.29. The highest BCUT2D eigenvalue weighted by atomic mass is 35.5. The van der Waals surface area contributed by atoms with E-state index in [4.69, 9.17) is 11.6 Å². The van der Waals surface area contributed by atoms with Gasteiger partial charge in [0.1, 0.15) is 5.82 Å². The molecule has 6 nitrogen and oxygen atoms in total. The van der Waals surface area contributed by atoms with Crippen molar-refractivity contribution >= 4 is 52.6 Å². The molecule has 5 rings (SSSR count). The summed E-state index contributed by atoms with van der Waals surface area (Å²) in [6, 6.07) is 27.5. The number of aromatic nitrogens is 1. The predicted molar refractivity (Wildman–Crippen MR) is 160 cm³/mol. The van der Waals surface area contributed by atoms with Crippen molar-refractivity contribution in [2.45, 2.75) is 13.1 Å². The maximum absolute atomic E-state index is 13.4. The molecule has 202 valence electrons. The van der Waals surface area contributed by atoms with Gasteiger partial charge in [-0.05, 0) is 64.6 Å². The van der Waals surface area contributed by atoms with E-state index in [0.29, 0.717) is 33.7 Å². The molecule has 1 aromatic heterocycles. The number of nitrogens with zero attached hydrogens (tertiary/aromatic N) is 2. The van der Waals surface area contributed by atoms with Crippen LogP contribution in [-0.4, -0.2) is 27.6 Å². The van der Waals surface area contributed by atoms with Gasteiger partial charge < -0.3 is 19.9 Å². The Morgan fingerprint density at radius 2 is 1.68 bits per heavy atom. The molecule has 1 heterocycles. The lowest BCUT2D eigenvalue weighted by atomic mass is 9.80. The number of benzene rings is 4. The lowest BCUT2D eigenvalue weighted by Crippen LogP contribution is -2.29. The topological polar surface area (TPSA) is 98.3 Å². The Balaban J connectivity index is 1.40. The average Bonchev–Trinajstić information content (AvgIpc) is 3.31. The van der Waals surface area contributed by atoms with E-state index in [9.17, 15) is 24.5 Å². The van der Waals surface area contributed by atoms with Crippen molar-refractivity contribution in [2.24, 2.45) is 0 Å². The maximum Gasteiger partial charge on any atom is 0.488 e. The van der Waals surface area contributed by atoms with E-state index in [1.807, 2.05) is 22.9 Å². The summed E-state index contributed by atoms with van der Waals surface area (Å²) < 4.78 is 15.4. The highest BCUT2D eigenvalue weighted by Gasteiger charge is 2.13. The summed E-state index contributed by atoms with van der Waals surface area (Å²) in [5, 5.41) is 32.9. The zero-order valence-corrected chi connectivity index (χ0v) is 22.5. The lowest BCUT2D eigenvalue weighted by Gasteiger charge is -2.08. The predicted octanol–water partition coefficient (Wildman–Crippen LogP) is 5.16. The van der Waals surface area contributed by atoms with Crippen LogP contribution < -0.4 is 10.8 Å². The maximum atomic E-state index is 13.4. The SMILES string of the molecule is N#C/C(=C\c1cn(Cc2ccc(F)cc2)c2cc(Cl)ccc12)c1cccc(C(=O)NCc2ccc(B(O)O)cc2)c1. The van der Waals surface area contributed by atoms with E-state index in [2.05, 4.69) is 11.4 Å². The molecule has 0 aliphatic rings. The van der Waals surface area contributed by atoms with Crippen molar-refractivity contribution in [3.63, 3.8) is 0 Å². The van der Waals surface area contributed by atoms with Gasteiger partial charge >= 0.3 is 7.12 Å². The molecule has 1 amide bonds. The van der Waals surface area contributed by atoms with Gasteiger partial charge in [0.25, 0.3) is 5.91 Å². The van der Waals surface area contributed by atoms with Crippen molar-refractivity contribution in [3.8, 4) is 6.07 Å². The molecular formula is C32H24BClFN3O3. The molecule has 0 saturated heterocycles. The van der Waals surface area contributed by atoms with Crippen LogP contribution in [0.1, 0.15) is 32.6 Å². The summed E-state index contributed by atoms with van der Waals surface area (Å²) >= 11 is 6.30. The first-order chi connectivity index (χ1) is 19.8. The number of rotatable bonds is 8. The fourth-order valence-corrected chi connectivity index (χ4v) is 4.75. The van der Waals surface area contributed by atoms with E-state index in [1.165, 1.54) is 12.1 Å². The van der Waals surface area contributed by atoms with E-state index < -0.39 is 7.12 Å². The van der Waals surface area contributed by atoms with Crippen LogP contribution in [0.5, 0.6) is 0 Å². The number of carbonyl (C=O) groups is 1. The second-order valence-electron chi connectivity index (χ2n) is 9.55. The van der Waals surface area contributed by atoms with Gasteiger partial charge in [-0.2, -0.15) is 5.26 Å². The summed E-state index contributed by atoms with van der Waals surface area (Å²) in [7, 11) is -1.55. The van der Waals surface area contributed by atoms with Crippen molar-refractivity contribution in [1.29, 1.82) is 5.26 Å². The van der Waals surface area contributed by atoms with Gasteiger partial charge in [-0.3, -0.25) is 4.79 Å². The van der Waals surface area contributed by atoms with Gasteiger partial charge in [0.05, 0.1) is 17.2 Å². The zero-order chi connectivity index (χ0) is 28.9. The van der Waals surface area contributed by atoms with Gasteiger partial charge in [0.2, 0.25) is 0 Å². The number of halogens is 2. The second kappa shape index (κ2) is 12.2. The van der Waals surface area contributed by atoms with Gasteiger partial charge in [-0.25, -0.2) is 4.39 Å². The Morgan fingerprint density at radius 3 is 2.39 bits per heavy atom. The Labute approximate surface area is 241 Å². The molecule has 0 aliphatic carbocycles. The zero-order valence-electron chi connectivity index (χ0n) is 21.8. The van der Waals surface area contributed by atoms with Gasteiger partial charge in [0, 0.05) is 40.8 Å². The Hall–Kier alpha value is -4.68. The van der Waals surface area contributed by atoms with Crippen molar-refractivity contribution < 1.29 is 19.2 Å². The Kier molecular flexibility index (Phi) is 8.32. The largest absolute Gasteiger partial charge is 0.488 e. The Bertz CT molecular complexity index is 1790. The monoisotopic (exact) mass is 563 g/mol. The number of fused-ring (bicyclic) bond motifs is 1. The minimum atomic E-state index is -1.55. The molecule has 41 heavy (non-hydrogen) atoms. The fraction of sp³-hybridized carbons (Fsp3) is 0.0625. The summed E-state index contributed by atoms with van der Waals surface area (Å²) in [4.78, 5) is 12.9. The number of nitriles is 1. The van der Waals surface area contributed by atoms with Crippen LogP contribution in [-0.2, 0) is 13.1 Å². The van der Waals surface area contributed by atoms with Crippen molar-refractivity contribution in [1.82, 2.24) is 9.88 Å². The number of amides is 1. The standard InChI is InChI=1S/C32H24BClFN3O3/c34-28-10-13-30-26(20-38(31(30)16-28)19-22-6-11-29(35)12-7-22)15-25(17-36)23-2-1-3-24(14-23)32(39)37-18-21-4-8-27(9-5-21)33(40)41/h1-16,20,40-41H,18-19H2,(H,37,39)/b25-15+. The molecule has 0 fully saturated rings. The molecular weight excluding hydrogens is 540 g/mol. The minimum absolute atomic E-state index is 0.252. The molecule has 0 radical (unpaired) electrons. The molecule has 0 atom stereocenters. The number of allylic oxidation sites excluding steroid dienone is 1. The van der Waals surface area contributed by atoms with E-state index in [0.717, 1.165) is 27.6 Å². The molecule has 0 unspecified atom stereocenters. The quantitative estimate of drug-likeness (QED) is 0.180. The number of hydrogen-bond acceptors (Lipinski definition) is 4. The van der Waals surface area contributed by atoms with E-state index >= 15 is 0 Å². The average molecular weight is 564 g/mol. The molecule has 0 spiro atoms. The number of hydrogen-bond donors (Lipinski definition) is 3. The van der Waals surface area contributed by atoms with E-state index in [1.54, 1.807) is 72.8 Å². The highest BCUT2D eigenvalue weighted by molar-refractivity contribution is 6.58. The lowest BCUT2D eigenvalue weighted by molar-refractivity contribution is 0.0951. The summed E-state index contributed by atoms with van der Waals surface area (Å²) in [6.45, 7) is 0.744. The molecule has 0 saturated carbocycles. The van der Waals surface area contributed by atoms with E-state index in [-0.39, 0.29) is 18.3 Å². The van der Waals surface area contributed by atoms with Crippen LogP contribution >= 0.6 is 11.6 Å². The van der Waals surface area contributed by atoms with Crippen LogP contribution in [0.15, 0.2) is 97.2 Å². The summed E-state index contributed by atoms with van der Waals surface area (Å²) in [5.41, 5.74) is 5.14. The number of carbonyl (C=O) groups excluding carboxylic acids is 1. The van der Waals surface area contributed by atoms with Crippen LogP contribution in [0.2, 0.25) is 5.02 Å². The first-order valence-corrected chi connectivity index (χ1v) is 13.2. The third-order valence-corrected chi connectivity index (χ3v) is 6.96. The molecule has 3 N–H and O–H groups in total. The molecule has 0 bridgehead atoms. The Morgan fingerprint density at radius 1 is 0.976 bits per heavy atom. The van der Waals surface area contributed by atoms with Crippen molar-refractivity contribution in [3.05, 3.63) is 136 Å². The first kappa shape index (κ1) is 27.9. The summed E-state index contributed by atoms with van der Waals surface area (Å²) in [5.74, 6) is -0.606. The molecule has 5 aromatic rings. The molecule has 9 heteroatoms. The van der Waals surface area contributed by atoms with Gasteiger partial charge in [-0.15, -0.1) is 0 Å². The third-order valence-electron chi connectivity index (χ3n) is 6.73. The van der Waals surface area contributed by atoms with Crippen LogP contribution in [0.3, 0.4) is 0 Å². The first-order valence-electron chi connectivity index (χ1n) is 12.8. The van der Waals surface area contributed by atoms with Crippen LogP contribution in [0, 0.1) is 17.1 Å². The molecule has 0 aliphatic heterocycles. The smallest absolute Gasteiger partial charge is 0.423 e. The fourth-order valence-electron chi connectivity index (χ4n) is 4.58. The van der Waals surface area contributed by atoms with Crippen molar-refractivity contribution in [2.75, 3.05) is 0 Å². The van der Waals surface area contributed by atoms with Crippen LogP contribution in [0.4, 0.5) is 4.39 Å². The third kappa shape index (κ3) is 6.56. The molecule has 4 aromatic carbocycles. The second-order valence-corrected chi connectivity index (χ2v) is 9.99. The van der Waals surface area contributed by atoms with Gasteiger partial charge in [0.15, 0.2) is 0 Å². The number of nitrogens with one attached hydrogen (secondary N) is 1. The van der Waals surface area contributed by atoms with Gasteiger partial charge in [-0.1, -0.05) is 66.2 Å². The summed E-state index contributed by atoms with van der Waals surface area (Å²) in [6.07, 6.45) is 3.71. The van der Waals surface area contributed by atoms with Crippen LogP contribution in [0.25, 0.3) is 22.6 Å². The normalized spacial score (nSPS) is 11.3.